The fourth-order valence-corrected chi connectivity index (χ4v) is 3.13. The number of nitrogens with one attached hydrogen (secondary N) is 1. The van der Waals surface area contributed by atoms with Crippen LogP contribution in [0.15, 0.2) is 77.4 Å². The van der Waals surface area contributed by atoms with E-state index >= 15 is 0 Å². The van der Waals surface area contributed by atoms with Crippen molar-refractivity contribution in [3.8, 4) is 0 Å². The molecule has 0 aliphatic rings. The first kappa shape index (κ1) is 17.1. The minimum atomic E-state index is 0.0794. The highest BCUT2D eigenvalue weighted by Gasteiger charge is 2.16. The Labute approximate surface area is 157 Å². The maximum Gasteiger partial charge on any atom is 0.223 e. The molecule has 2 aromatic carbocycles. The summed E-state index contributed by atoms with van der Waals surface area (Å²) < 4.78 is 5.44. The number of carbonyl (C=O) groups excluding carboxylic acids is 1. The van der Waals surface area contributed by atoms with Crippen molar-refractivity contribution < 1.29 is 9.21 Å². The number of nitrogens with zero attached hydrogens (tertiary/aromatic N) is 2. The van der Waals surface area contributed by atoms with E-state index in [9.17, 15) is 4.79 Å². The predicted octanol–water partition coefficient (Wildman–Crippen LogP) is 4.32. The Morgan fingerprint density at radius 2 is 1.78 bits per heavy atom. The molecule has 1 amide bonds. The summed E-state index contributed by atoms with van der Waals surface area (Å²) in [5, 5.41) is 0. The molecule has 5 heteroatoms. The van der Waals surface area contributed by atoms with Crippen LogP contribution in [0.2, 0.25) is 0 Å². The summed E-state index contributed by atoms with van der Waals surface area (Å²) >= 11 is 0. The van der Waals surface area contributed by atoms with Gasteiger partial charge in [0.25, 0.3) is 0 Å². The summed E-state index contributed by atoms with van der Waals surface area (Å²) in [7, 11) is 0. The van der Waals surface area contributed by atoms with Gasteiger partial charge in [0, 0.05) is 19.4 Å². The minimum Gasteiger partial charge on any atom is -0.467 e. The number of H-pyrrole nitrogens is 1. The van der Waals surface area contributed by atoms with Crippen molar-refractivity contribution in [1.82, 2.24) is 14.9 Å². The van der Waals surface area contributed by atoms with Crippen molar-refractivity contribution in [1.29, 1.82) is 0 Å². The van der Waals surface area contributed by atoms with Crippen molar-refractivity contribution in [2.75, 3.05) is 0 Å². The zero-order valence-electron chi connectivity index (χ0n) is 15.0. The van der Waals surface area contributed by atoms with E-state index in [1.165, 1.54) is 0 Å². The number of fused-ring (bicyclic) bond motifs is 1. The Hall–Kier alpha value is -3.34. The van der Waals surface area contributed by atoms with Gasteiger partial charge in [-0.05, 0) is 29.8 Å². The number of aromatic amines is 1. The van der Waals surface area contributed by atoms with E-state index in [4.69, 9.17) is 4.42 Å². The lowest BCUT2D eigenvalue weighted by Crippen LogP contribution is -2.30. The van der Waals surface area contributed by atoms with Crippen molar-refractivity contribution in [2.24, 2.45) is 0 Å². The lowest BCUT2D eigenvalue weighted by molar-refractivity contribution is -0.132. The highest BCUT2D eigenvalue weighted by molar-refractivity contribution is 5.77. The number of hydrogen-bond donors (Lipinski definition) is 1. The average molecular weight is 359 g/mol. The number of furan rings is 1. The molecule has 4 rings (SSSR count). The molecule has 0 spiro atoms. The molecule has 0 saturated heterocycles. The Kier molecular flexibility index (Phi) is 5.01. The Morgan fingerprint density at radius 1 is 0.963 bits per heavy atom. The highest BCUT2D eigenvalue weighted by atomic mass is 16.3. The molecule has 27 heavy (non-hydrogen) atoms. The third kappa shape index (κ3) is 4.26. The molecular formula is C22H21N3O2. The molecule has 0 radical (unpaired) electrons. The van der Waals surface area contributed by atoms with Crippen molar-refractivity contribution in [2.45, 2.75) is 25.9 Å². The number of imidazole rings is 1. The standard InChI is InChI=1S/C22H21N3O2/c26-22(13-12-21-23-19-10-4-5-11-20(19)24-21)25(16-18-9-6-14-27-18)15-17-7-2-1-3-8-17/h1-11,14H,12-13,15-16H2,(H,23,24). The molecule has 5 nitrogen and oxygen atoms in total. The number of carbonyl (C=O) groups is 1. The lowest BCUT2D eigenvalue weighted by Gasteiger charge is -2.22. The fourth-order valence-electron chi connectivity index (χ4n) is 3.13. The van der Waals surface area contributed by atoms with Gasteiger partial charge < -0.3 is 14.3 Å². The molecule has 0 aliphatic heterocycles. The van der Waals surface area contributed by atoms with Crippen molar-refractivity contribution >= 4 is 16.9 Å². The number of aryl methyl sites for hydroxylation is 1. The van der Waals surface area contributed by atoms with E-state index in [-0.39, 0.29) is 5.91 Å². The first-order valence-corrected chi connectivity index (χ1v) is 9.05. The van der Waals surface area contributed by atoms with E-state index < -0.39 is 0 Å². The summed E-state index contributed by atoms with van der Waals surface area (Å²) in [5.41, 5.74) is 3.02. The van der Waals surface area contributed by atoms with E-state index in [2.05, 4.69) is 9.97 Å². The lowest BCUT2D eigenvalue weighted by atomic mass is 10.2. The second-order valence-corrected chi connectivity index (χ2v) is 6.52. The normalized spacial score (nSPS) is 11.0. The van der Waals surface area contributed by atoms with Crippen LogP contribution in [0.5, 0.6) is 0 Å². The zero-order chi connectivity index (χ0) is 18.5. The molecule has 0 unspecified atom stereocenters. The summed E-state index contributed by atoms with van der Waals surface area (Å²) in [6, 6.07) is 21.6. The molecule has 0 aliphatic carbocycles. The first-order valence-electron chi connectivity index (χ1n) is 9.05. The fraction of sp³-hybridized carbons (Fsp3) is 0.182. The van der Waals surface area contributed by atoms with Crippen LogP contribution in [-0.2, 0) is 24.3 Å². The topological polar surface area (TPSA) is 62.1 Å². The second-order valence-electron chi connectivity index (χ2n) is 6.52. The van der Waals surface area contributed by atoms with E-state index in [1.807, 2.05) is 71.6 Å². The van der Waals surface area contributed by atoms with Gasteiger partial charge >= 0.3 is 0 Å². The van der Waals surface area contributed by atoms with Crippen LogP contribution in [0.3, 0.4) is 0 Å². The third-order valence-electron chi connectivity index (χ3n) is 4.51. The van der Waals surface area contributed by atoms with Crippen LogP contribution < -0.4 is 0 Å². The van der Waals surface area contributed by atoms with Gasteiger partial charge in [0.05, 0.1) is 23.8 Å². The smallest absolute Gasteiger partial charge is 0.223 e. The number of rotatable bonds is 7. The molecule has 2 aromatic heterocycles. The van der Waals surface area contributed by atoms with Gasteiger partial charge in [-0.2, -0.15) is 0 Å². The van der Waals surface area contributed by atoms with Gasteiger partial charge in [-0.15, -0.1) is 0 Å². The Morgan fingerprint density at radius 3 is 2.56 bits per heavy atom. The average Bonchev–Trinajstić information content (AvgIpc) is 3.35. The molecule has 136 valence electrons. The Balaban J connectivity index is 1.45. The molecule has 4 aromatic rings. The summed E-state index contributed by atoms with van der Waals surface area (Å²) in [4.78, 5) is 22.6. The number of hydrogen-bond acceptors (Lipinski definition) is 3. The van der Waals surface area contributed by atoms with Crippen LogP contribution in [0.4, 0.5) is 0 Å². The molecular weight excluding hydrogens is 338 g/mol. The number of para-hydroxylation sites is 2. The van der Waals surface area contributed by atoms with Gasteiger partial charge in [0.2, 0.25) is 5.91 Å². The van der Waals surface area contributed by atoms with Crippen LogP contribution in [0.25, 0.3) is 11.0 Å². The maximum atomic E-state index is 12.9. The van der Waals surface area contributed by atoms with Crippen LogP contribution in [0.1, 0.15) is 23.6 Å². The largest absolute Gasteiger partial charge is 0.467 e. The number of benzene rings is 2. The molecule has 2 heterocycles. The minimum absolute atomic E-state index is 0.0794. The zero-order valence-corrected chi connectivity index (χ0v) is 15.0. The molecule has 1 N–H and O–H groups in total. The molecule has 0 saturated carbocycles. The maximum absolute atomic E-state index is 12.9. The molecule has 0 atom stereocenters. The quantitative estimate of drug-likeness (QED) is 0.535. The van der Waals surface area contributed by atoms with Gasteiger partial charge in [0.15, 0.2) is 0 Å². The third-order valence-corrected chi connectivity index (χ3v) is 4.51. The second kappa shape index (κ2) is 7.91. The van der Waals surface area contributed by atoms with Gasteiger partial charge in [-0.25, -0.2) is 4.98 Å². The van der Waals surface area contributed by atoms with Gasteiger partial charge in [-0.3, -0.25) is 4.79 Å². The molecule has 0 fully saturated rings. The number of amides is 1. The monoisotopic (exact) mass is 359 g/mol. The SMILES string of the molecule is O=C(CCc1nc2ccccc2[nH]1)N(Cc1ccccc1)Cc1ccco1. The summed E-state index contributed by atoms with van der Waals surface area (Å²) in [5.74, 6) is 1.70. The van der Waals surface area contributed by atoms with Gasteiger partial charge in [0.1, 0.15) is 11.6 Å². The van der Waals surface area contributed by atoms with Crippen LogP contribution in [0, 0.1) is 0 Å². The highest BCUT2D eigenvalue weighted by Crippen LogP contribution is 2.15. The van der Waals surface area contributed by atoms with Crippen LogP contribution >= 0.6 is 0 Å². The molecule has 0 bridgehead atoms. The van der Waals surface area contributed by atoms with Gasteiger partial charge in [-0.1, -0.05) is 42.5 Å². The first-order chi connectivity index (χ1) is 13.3. The van der Waals surface area contributed by atoms with E-state index in [0.29, 0.717) is 25.9 Å². The van der Waals surface area contributed by atoms with E-state index in [0.717, 1.165) is 28.2 Å². The van der Waals surface area contributed by atoms with Crippen molar-refractivity contribution in [3.05, 3.63) is 90.1 Å². The summed E-state index contributed by atoms with van der Waals surface area (Å²) in [6.45, 7) is 1.02. The predicted molar refractivity (Wildman–Crippen MR) is 104 cm³/mol. The van der Waals surface area contributed by atoms with Crippen molar-refractivity contribution in [3.63, 3.8) is 0 Å². The summed E-state index contributed by atoms with van der Waals surface area (Å²) in [6.07, 6.45) is 2.61. The number of aromatic nitrogens is 2. The van der Waals surface area contributed by atoms with Crippen LogP contribution in [-0.4, -0.2) is 20.8 Å². The Bertz CT molecular complexity index is 973. The van der Waals surface area contributed by atoms with E-state index in [1.54, 1.807) is 6.26 Å².